The number of hydrogen-bond acceptors (Lipinski definition) is 4. The Balaban J connectivity index is 1.32. The molecular weight excluding hydrogens is 404 g/mol. The van der Waals surface area contributed by atoms with E-state index in [9.17, 15) is 9.59 Å². The molecule has 3 aromatic rings. The first-order chi connectivity index (χ1) is 15.6. The van der Waals surface area contributed by atoms with Crippen LogP contribution in [-0.2, 0) is 18.0 Å². The number of hydrogen-bond donors (Lipinski definition) is 1. The number of primary amides is 1. The van der Waals surface area contributed by atoms with Crippen LogP contribution >= 0.6 is 0 Å². The van der Waals surface area contributed by atoms with Crippen LogP contribution in [0.2, 0.25) is 0 Å². The van der Waals surface area contributed by atoms with E-state index in [1.54, 1.807) is 17.0 Å². The highest BCUT2D eigenvalue weighted by atomic mass is 16.5. The van der Waals surface area contributed by atoms with Crippen molar-refractivity contribution < 1.29 is 19.1 Å². The maximum absolute atomic E-state index is 12.7. The highest BCUT2D eigenvalue weighted by Crippen LogP contribution is 2.23. The van der Waals surface area contributed by atoms with Crippen molar-refractivity contribution in [2.24, 2.45) is 5.73 Å². The first kappa shape index (κ1) is 21.4. The molecule has 2 amide bonds. The molecule has 32 heavy (non-hydrogen) atoms. The zero-order valence-electron chi connectivity index (χ0n) is 17.8. The molecule has 1 atom stereocenters. The first-order valence-electron chi connectivity index (χ1n) is 10.7. The largest absolute Gasteiger partial charge is 0.489 e. The number of rotatable bonds is 8. The molecule has 6 heteroatoms. The molecule has 1 aliphatic heterocycles. The van der Waals surface area contributed by atoms with Gasteiger partial charge in [-0.1, -0.05) is 48.5 Å². The van der Waals surface area contributed by atoms with Gasteiger partial charge in [0.1, 0.15) is 30.8 Å². The van der Waals surface area contributed by atoms with Gasteiger partial charge in [-0.2, -0.15) is 0 Å². The normalized spacial score (nSPS) is 15.4. The number of benzene rings is 3. The maximum atomic E-state index is 12.7. The fourth-order valence-corrected chi connectivity index (χ4v) is 3.78. The number of nitrogens with two attached hydrogens (primary N) is 1. The number of ether oxygens (including phenoxy) is 2. The van der Waals surface area contributed by atoms with Crippen LogP contribution in [0.3, 0.4) is 0 Å². The minimum Gasteiger partial charge on any atom is -0.489 e. The molecule has 2 N–H and O–H groups in total. The van der Waals surface area contributed by atoms with Gasteiger partial charge in [0.05, 0.1) is 0 Å². The molecule has 1 heterocycles. The molecule has 164 valence electrons. The van der Waals surface area contributed by atoms with E-state index in [4.69, 9.17) is 15.2 Å². The van der Waals surface area contributed by atoms with Crippen molar-refractivity contribution >= 4 is 11.8 Å². The lowest BCUT2D eigenvalue weighted by Gasteiger charge is -2.22. The summed E-state index contributed by atoms with van der Waals surface area (Å²) in [7, 11) is 0. The fraction of sp³-hybridized carbons (Fsp3) is 0.231. The predicted octanol–water partition coefficient (Wildman–Crippen LogP) is 3.93. The molecule has 0 unspecified atom stereocenters. The van der Waals surface area contributed by atoms with E-state index in [0.717, 1.165) is 23.3 Å². The van der Waals surface area contributed by atoms with Crippen LogP contribution in [0.25, 0.3) is 0 Å². The predicted molar refractivity (Wildman–Crippen MR) is 121 cm³/mol. The van der Waals surface area contributed by atoms with Crippen molar-refractivity contribution in [1.82, 2.24) is 4.90 Å². The Morgan fingerprint density at radius 3 is 2.09 bits per heavy atom. The number of amides is 2. The van der Waals surface area contributed by atoms with E-state index in [1.807, 2.05) is 66.7 Å². The number of carbonyl (C=O) groups excluding carboxylic acids is 2. The van der Waals surface area contributed by atoms with Crippen LogP contribution in [0.5, 0.6) is 11.5 Å². The van der Waals surface area contributed by atoms with Gasteiger partial charge >= 0.3 is 0 Å². The zero-order chi connectivity index (χ0) is 22.3. The second kappa shape index (κ2) is 10.0. The van der Waals surface area contributed by atoms with Crippen molar-refractivity contribution in [2.45, 2.75) is 32.1 Å². The van der Waals surface area contributed by atoms with Gasteiger partial charge in [-0.3, -0.25) is 9.59 Å². The smallest absolute Gasteiger partial charge is 0.254 e. The van der Waals surface area contributed by atoms with Gasteiger partial charge in [0.25, 0.3) is 5.91 Å². The summed E-state index contributed by atoms with van der Waals surface area (Å²) in [6.07, 6.45) is 1.42. The van der Waals surface area contributed by atoms with E-state index in [-0.39, 0.29) is 5.91 Å². The van der Waals surface area contributed by atoms with Crippen molar-refractivity contribution in [2.75, 3.05) is 6.54 Å². The summed E-state index contributed by atoms with van der Waals surface area (Å²) in [6, 6.07) is 24.2. The third-order valence-electron chi connectivity index (χ3n) is 5.50. The van der Waals surface area contributed by atoms with E-state index < -0.39 is 11.9 Å². The second-order valence-corrected chi connectivity index (χ2v) is 7.79. The van der Waals surface area contributed by atoms with Crippen LogP contribution in [0.4, 0.5) is 0 Å². The molecular formula is C26H26N2O4. The average molecular weight is 431 g/mol. The summed E-state index contributed by atoms with van der Waals surface area (Å²) < 4.78 is 11.7. The summed E-state index contributed by atoms with van der Waals surface area (Å²) >= 11 is 0. The van der Waals surface area contributed by atoms with E-state index in [1.165, 1.54) is 0 Å². The molecule has 0 bridgehead atoms. The summed E-state index contributed by atoms with van der Waals surface area (Å²) in [5.74, 6) is 0.830. The monoisotopic (exact) mass is 430 g/mol. The Bertz CT molecular complexity index is 1070. The van der Waals surface area contributed by atoms with Crippen molar-refractivity contribution in [3.63, 3.8) is 0 Å². The molecule has 4 rings (SSSR count). The maximum Gasteiger partial charge on any atom is 0.254 e. The van der Waals surface area contributed by atoms with Crippen molar-refractivity contribution in [3.8, 4) is 11.5 Å². The lowest BCUT2D eigenvalue weighted by Crippen LogP contribution is -2.43. The lowest BCUT2D eigenvalue weighted by atomic mass is 10.1. The first-order valence-corrected chi connectivity index (χ1v) is 10.7. The van der Waals surface area contributed by atoms with E-state index >= 15 is 0 Å². The SMILES string of the molecule is NC(=O)[C@H]1CCCN1C(=O)c1ccc(COc2cccc(OCc3ccccc3)c2)cc1. The Morgan fingerprint density at radius 1 is 0.844 bits per heavy atom. The van der Waals surface area contributed by atoms with Gasteiger partial charge < -0.3 is 20.1 Å². The van der Waals surface area contributed by atoms with Gasteiger partial charge in [0, 0.05) is 18.2 Å². The van der Waals surface area contributed by atoms with Crippen LogP contribution < -0.4 is 15.2 Å². The van der Waals surface area contributed by atoms with Crippen LogP contribution in [0.1, 0.15) is 34.3 Å². The molecule has 6 nitrogen and oxygen atoms in total. The van der Waals surface area contributed by atoms with E-state index in [2.05, 4.69) is 0 Å². The minimum absolute atomic E-state index is 0.165. The average Bonchev–Trinajstić information content (AvgIpc) is 3.33. The van der Waals surface area contributed by atoms with Crippen molar-refractivity contribution in [3.05, 3.63) is 95.6 Å². The van der Waals surface area contributed by atoms with Gasteiger partial charge in [-0.25, -0.2) is 0 Å². The second-order valence-electron chi connectivity index (χ2n) is 7.79. The van der Waals surface area contributed by atoms with Crippen LogP contribution in [-0.4, -0.2) is 29.3 Å². The molecule has 0 saturated carbocycles. The van der Waals surface area contributed by atoms with E-state index in [0.29, 0.717) is 37.5 Å². The highest BCUT2D eigenvalue weighted by molar-refractivity contribution is 5.97. The van der Waals surface area contributed by atoms with Crippen LogP contribution in [0.15, 0.2) is 78.9 Å². The van der Waals surface area contributed by atoms with Crippen LogP contribution in [0, 0.1) is 0 Å². The third-order valence-corrected chi connectivity index (χ3v) is 5.50. The molecule has 0 radical (unpaired) electrons. The Kier molecular flexibility index (Phi) is 6.70. The third kappa shape index (κ3) is 5.27. The molecule has 1 aliphatic rings. The number of carbonyl (C=O) groups is 2. The summed E-state index contributed by atoms with van der Waals surface area (Å²) in [5.41, 5.74) is 8.00. The minimum atomic E-state index is -0.512. The molecule has 1 saturated heterocycles. The molecule has 1 fully saturated rings. The standard InChI is InChI=1S/C26H26N2O4/c27-25(29)24-10-5-15-28(24)26(30)21-13-11-20(12-14-21)18-32-23-9-4-8-22(16-23)31-17-19-6-2-1-3-7-19/h1-4,6-9,11-14,16,24H,5,10,15,17-18H2,(H2,27,29)/t24-/m1/s1. The number of likely N-dealkylation sites (tertiary alicyclic amines) is 1. The van der Waals surface area contributed by atoms with Gasteiger partial charge in [0.2, 0.25) is 5.91 Å². The molecule has 3 aromatic carbocycles. The Morgan fingerprint density at radius 2 is 1.47 bits per heavy atom. The lowest BCUT2D eigenvalue weighted by molar-refractivity contribution is -0.121. The molecule has 0 spiro atoms. The summed E-state index contributed by atoms with van der Waals surface area (Å²) in [4.78, 5) is 25.9. The molecule has 0 aliphatic carbocycles. The van der Waals surface area contributed by atoms with Crippen molar-refractivity contribution in [1.29, 1.82) is 0 Å². The fourth-order valence-electron chi connectivity index (χ4n) is 3.78. The number of nitrogens with zero attached hydrogens (tertiary/aromatic N) is 1. The Labute approximate surface area is 187 Å². The summed E-state index contributed by atoms with van der Waals surface area (Å²) in [5, 5.41) is 0. The van der Waals surface area contributed by atoms with Gasteiger partial charge in [0.15, 0.2) is 0 Å². The van der Waals surface area contributed by atoms with Gasteiger partial charge in [-0.15, -0.1) is 0 Å². The Hall–Kier alpha value is -3.80. The zero-order valence-corrected chi connectivity index (χ0v) is 17.8. The highest BCUT2D eigenvalue weighted by Gasteiger charge is 2.33. The summed E-state index contributed by atoms with van der Waals surface area (Å²) in [6.45, 7) is 1.41. The van der Waals surface area contributed by atoms with Gasteiger partial charge in [-0.05, 0) is 48.2 Å². The topological polar surface area (TPSA) is 81.9 Å². The quantitative estimate of drug-likeness (QED) is 0.587. The molecule has 0 aromatic heterocycles.